The molecule has 0 saturated carbocycles. The summed E-state index contributed by atoms with van der Waals surface area (Å²) in [5, 5.41) is 7.92. The predicted octanol–water partition coefficient (Wildman–Crippen LogP) is -0.432. The van der Waals surface area contributed by atoms with Crippen molar-refractivity contribution in [1.29, 1.82) is 0 Å². The van der Waals surface area contributed by atoms with Crippen LogP contribution in [0, 0.1) is 0 Å². The zero-order valence-electron chi connectivity index (χ0n) is 3.72. The van der Waals surface area contributed by atoms with Crippen molar-refractivity contribution in [2.75, 3.05) is 6.61 Å². The zero-order chi connectivity index (χ0) is 4.99. The normalized spacial score (nSPS) is 16.6. The molecular formula is C3H6O2. The molecule has 0 fully saturated rings. The van der Waals surface area contributed by atoms with Gasteiger partial charge in [-0.2, -0.15) is 0 Å². The van der Waals surface area contributed by atoms with E-state index in [1.54, 1.807) is 0 Å². The Kier molecular flexibility index (Phi) is 2.07. The van der Waals surface area contributed by atoms with Gasteiger partial charge in [-0.05, 0) is 0 Å². The maximum absolute atomic E-state index is 9.39. The molecule has 0 aliphatic rings. The topological polar surface area (TPSA) is 37.3 Å². The summed E-state index contributed by atoms with van der Waals surface area (Å²) in [6.45, 7) is -0.372. The Morgan fingerprint density at radius 1 is 2.20 bits per heavy atom. The maximum atomic E-state index is 9.39. The Balaban J connectivity index is 2.96. The summed E-state index contributed by atoms with van der Waals surface area (Å²) >= 11 is 0. The van der Waals surface area contributed by atoms with E-state index in [-0.39, 0.29) is 6.61 Å². The molecule has 0 spiro atoms. The van der Waals surface area contributed by atoms with Crippen molar-refractivity contribution in [1.82, 2.24) is 0 Å². The van der Waals surface area contributed by atoms with Crippen LogP contribution in [0.15, 0.2) is 0 Å². The minimum absolute atomic E-state index is 0.372. The van der Waals surface area contributed by atoms with Gasteiger partial charge in [0.05, 0.1) is 0 Å². The summed E-state index contributed by atoms with van der Waals surface area (Å²) in [7, 11) is 0. The van der Waals surface area contributed by atoms with Crippen molar-refractivity contribution >= 4 is 6.29 Å². The predicted molar refractivity (Wildman–Crippen MR) is 17.8 cm³/mol. The summed E-state index contributed by atoms with van der Waals surface area (Å²) in [4.78, 5) is 9.39. The number of hydrogen-bond acceptors (Lipinski definition) is 2. The molecule has 2 heteroatoms. The van der Waals surface area contributed by atoms with Gasteiger partial charge in [-0.3, -0.25) is 0 Å². The quantitative estimate of drug-likeness (QED) is 0.452. The molecular weight excluding hydrogens is 68.0 g/mol. The van der Waals surface area contributed by atoms with Crippen LogP contribution in [0.25, 0.3) is 0 Å². The van der Waals surface area contributed by atoms with Crippen molar-refractivity contribution < 1.29 is 11.3 Å². The van der Waals surface area contributed by atoms with Crippen LogP contribution in [-0.4, -0.2) is 18.0 Å². The Morgan fingerprint density at radius 2 is 2.80 bits per heavy atom. The van der Waals surface area contributed by atoms with Crippen molar-refractivity contribution in [2.24, 2.45) is 0 Å². The van der Waals surface area contributed by atoms with Gasteiger partial charge in [-0.25, -0.2) is 0 Å². The fourth-order valence-electron chi connectivity index (χ4n) is 0.0430. The minimum atomic E-state index is -0.940. The first kappa shape index (κ1) is 2.85. The highest BCUT2D eigenvalue weighted by Crippen LogP contribution is 1.58. The zero-order valence-corrected chi connectivity index (χ0v) is 2.72. The molecule has 0 saturated heterocycles. The highest BCUT2D eigenvalue weighted by atomic mass is 16.3. The minimum Gasteiger partial charge on any atom is -0.396 e. The molecule has 0 aliphatic carbocycles. The van der Waals surface area contributed by atoms with E-state index in [0.29, 0.717) is 6.29 Å². The van der Waals surface area contributed by atoms with E-state index in [2.05, 4.69) is 0 Å². The number of carbonyl (C=O) groups is 1. The SMILES string of the molecule is [2H]C(C=O)CO. The van der Waals surface area contributed by atoms with E-state index in [0.717, 1.165) is 0 Å². The molecule has 0 aliphatic heterocycles. The van der Waals surface area contributed by atoms with Gasteiger partial charge in [0, 0.05) is 14.4 Å². The van der Waals surface area contributed by atoms with Crippen LogP contribution in [0.3, 0.4) is 0 Å². The van der Waals surface area contributed by atoms with Gasteiger partial charge in [0.2, 0.25) is 0 Å². The van der Waals surface area contributed by atoms with Crippen molar-refractivity contribution in [3.8, 4) is 0 Å². The largest absolute Gasteiger partial charge is 0.396 e. The fraction of sp³-hybridized carbons (Fsp3) is 0.667. The number of aliphatic hydroxyl groups is 1. The number of aldehydes is 1. The molecule has 0 aromatic rings. The van der Waals surface area contributed by atoms with Crippen LogP contribution in [0.1, 0.15) is 7.77 Å². The Hall–Kier alpha value is -0.370. The molecule has 1 N–H and O–H groups in total. The van der Waals surface area contributed by atoms with E-state index in [1.807, 2.05) is 0 Å². The van der Waals surface area contributed by atoms with Gasteiger partial charge in [-0.15, -0.1) is 0 Å². The molecule has 0 aromatic carbocycles. The smallest absolute Gasteiger partial charge is 0.122 e. The Morgan fingerprint density at radius 3 is 2.80 bits per heavy atom. The molecule has 0 rings (SSSR count). The lowest BCUT2D eigenvalue weighted by molar-refractivity contribution is -0.108. The second-order valence-corrected chi connectivity index (χ2v) is 0.554. The van der Waals surface area contributed by atoms with Gasteiger partial charge >= 0.3 is 0 Å². The van der Waals surface area contributed by atoms with Crippen LogP contribution >= 0.6 is 0 Å². The molecule has 5 heavy (non-hydrogen) atoms. The highest BCUT2D eigenvalue weighted by Gasteiger charge is 1.67. The van der Waals surface area contributed by atoms with Crippen molar-refractivity contribution in [2.45, 2.75) is 6.40 Å². The lowest BCUT2D eigenvalue weighted by atomic mass is 10.5. The lowest BCUT2D eigenvalue weighted by Gasteiger charge is -1.69. The summed E-state index contributed by atoms with van der Waals surface area (Å²) < 4.78 is 6.45. The van der Waals surface area contributed by atoms with Gasteiger partial charge in [0.25, 0.3) is 0 Å². The van der Waals surface area contributed by atoms with Gasteiger partial charge in [-0.1, -0.05) is 0 Å². The van der Waals surface area contributed by atoms with Gasteiger partial charge < -0.3 is 9.90 Å². The summed E-state index contributed by atoms with van der Waals surface area (Å²) in [5.41, 5.74) is 0. The Labute approximate surface area is 31.8 Å². The van der Waals surface area contributed by atoms with Crippen LogP contribution in [0.5, 0.6) is 0 Å². The second-order valence-electron chi connectivity index (χ2n) is 0.554. The molecule has 0 heterocycles. The first-order valence-corrected chi connectivity index (χ1v) is 1.29. The average Bonchev–Trinajstić information content (AvgIpc) is 1.65. The third-order valence-corrected chi connectivity index (χ3v) is 0.202. The summed E-state index contributed by atoms with van der Waals surface area (Å²) in [6.07, 6.45) is -0.551. The molecule has 1 atom stereocenters. The van der Waals surface area contributed by atoms with E-state index < -0.39 is 6.40 Å². The van der Waals surface area contributed by atoms with E-state index in [9.17, 15) is 4.79 Å². The third-order valence-electron chi connectivity index (χ3n) is 0.202. The standard InChI is InChI=1S/C3H6O2/c4-2-1-3-5/h2,5H,1,3H2/i1D. The fourth-order valence-corrected chi connectivity index (χ4v) is 0.0430. The van der Waals surface area contributed by atoms with Gasteiger partial charge in [0.1, 0.15) is 6.29 Å². The van der Waals surface area contributed by atoms with Crippen molar-refractivity contribution in [3.05, 3.63) is 0 Å². The average molecular weight is 75.1 g/mol. The molecule has 30 valence electrons. The molecule has 0 amide bonds. The molecule has 0 radical (unpaired) electrons. The lowest BCUT2D eigenvalue weighted by Crippen LogP contribution is -1.78. The maximum Gasteiger partial charge on any atom is 0.122 e. The number of carbonyl (C=O) groups excluding carboxylic acids is 1. The van der Waals surface area contributed by atoms with Crippen LogP contribution in [0.4, 0.5) is 0 Å². The monoisotopic (exact) mass is 75.0 g/mol. The van der Waals surface area contributed by atoms with E-state index >= 15 is 0 Å². The third kappa shape index (κ3) is 3.63. The summed E-state index contributed by atoms with van der Waals surface area (Å²) in [5.74, 6) is 0. The molecule has 1 unspecified atom stereocenters. The number of rotatable bonds is 2. The Bertz CT molecular complexity index is 46.1. The number of aliphatic hydroxyl groups excluding tert-OH is 1. The molecule has 0 aromatic heterocycles. The molecule has 0 bridgehead atoms. The summed E-state index contributed by atoms with van der Waals surface area (Å²) in [6, 6.07) is 0. The first-order valence-electron chi connectivity index (χ1n) is 1.87. The van der Waals surface area contributed by atoms with E-state index in [1.165, 1.54) is 0 Å². The second kappa shape index (κ2) is 3.63. The number of hydrogen-bond donors (Lipinski definition) is 1. The van der Waals surface area contributed by atoms with Crippen LogP contribution in [0.2, 0.25) is 0 Å². The molecule has 2 nitrogen and oxygen atoms in total. The van der Waals surface area contributed by atoms with Crippen molar-refractivity contribution in [3.63, 3.8) is 0 Å². The first-order chi connectivity index (χ1) is 2.81. The van der Waals surface area contributed by atoms with Crippen LogP contribution in [-0.2, 0) is 4.79 Å². The van der Waals surface area contributed by atoms with Crippen LogP contribution < -0.4 is 0 Å². The van der Waals surface area contributed by atoms with Gasteiger partial charge in [0.15, 0.2) is 0 Å². The van der Waals surface area contributed by atoms with E-state index in [4.69, 9.17) is 6.48 Å². The highest BCUT2D eigenvalue weighted by molar-refractivity contribution is 5.49.